The zero-order valence-electron chi connectivity index (χ0n) is 12.9. The average molecular weight is 296 g/mol. The molecular weight excluding hydrogens is 272 g/mol. The molecule has 118 valence electrons. The molecule has 7 heteroatoms. The average Bonchev–Trinajstić information content (AvgIpc) is 2.63. The summed E-state index contributed by atoms with van der Waals surface area (Å²) in [6.45, 7) is 8.31. The monoisotopic (exact) mass is 296 g/mol. The Morgan fingerprint density at radius 3 is 2.33 bits per heavy atom. The highest BCUT2D eigenvalue weighted by Crippen LogP contribution is 2.30. The maximum Gasteiger partial charge on any atom is 0.325 e. The number of piperidine rings is 1. The third-order valence-electron chi connectivity index (χ3n) is 4.33. The number of primary amides is 1. The van der Waals surface area contributed by atoms with E-state index in [0.29, 0.717) is 18.8 Å². The summed E-state index contributed by atoms with van der Waals surface area (Å²) in [7, 11) is 0. The first-order valence-corrected chi connectivity index (χ1v) is 7.44. The Labute approximate surface area is 124 Å². The fraction of sp³-hybridized carbons (Fsp3) is 0.786. The summed E-state index contributed by atoms with van der Waals surface area (Å²) in [4.78, 5) is 39.2. The van der Waals surface area contributed by atoms with Gasteiger partial charge in [0.15, 0.2) is 0 Å². The summed E-state index contributed by atoms with van der Waals surface area (Å²) in [5.74, 6) is -0.421. The van der Waals surface area contributed by atoms with E-state index in [-0.39, 0.29) is 5.91 Å². The van der Waals surface area contributed by atoms with Crippen LogP contribution in [0.1, 0.15) is 33.6 Å². The molecule has 1 atom stereocenters. The van der Waals surface area contributed by atoms with Crippen LogP contribution in [-0.2, 0) is 9.59 Å². The van der Waals surface area contributed by atoms with Gasteiger partial charge in [0, 0.05) is 19.6 Å². The number of likely N-dealkylation sites (tertiary alicyclic amines) is 1. The SMILES string of the molecule is CC(C)CN1CCC2(CC1)NC(=O)N(C(C)C(N)=O)C2=O. The first-order chi connectivity index (χ1) is 9.77. The minimum atomic E-state index is -0.912. The van der Waals surface area contributed by atoms with Crippen LogP contribution in [0.3, 0.4) is 0 Å². The van der Waals surface area contributed by atoms with Gasteiger partial charge in [-0.15, -0.1) is 0 Å². The van der Waals surface area contributed by atoms with Crippen LogP contribution in [-0.4, -0.2) is 58.9 Å². The molecule has 0 saturated carbocycles. The van der Waals surface area contributed by atoms with E-state index >= 15 is 0 Å². The molecule has 0 radical (unpaired) electrons. The molecule has 7 nitrogen and oxygen atoms in total. The van der Waals surface area contributed by atoms with Gasteiger partial charge in [-0.3, -0.25) is 9.59 Å². The molecule has 0 aliphatic carbocycles. The Morgan fingerprint density at radius 2 is 1.86 bits per heavy atom. The van der Waals surface area contributed by atoms with E-state index < -0.39 is 23.5 Å². The van der Waals surface area contributed by atoms with Gasteiger partial charge in [-0.1, -0.05) is 13.8 Å². The lowest BCUT2D eigenvalue weighted by atomic mass is 9.87. The third-order valence-corrected chi connectivity index (χ3v) is 4.33. The van der Waals surface area contributed by atoms with Gasteiger partial charge < -0.3 is 16.0 Å². The second-order valence-electron chi connectivity index (χ2n) is 6.46. The zero-order valence-corrected chi connectivity index (χ0v) is 12.9. The van der Waals surface area contributed by atoms with Gasteiger partial charge in [-0.25, -0.2) is 9.69 Å². The molecule has 0 aromatic rings. The number of hydrogen-bond acceptors (Lipinski definition) is 4. The highest BCUT2D eigenvalue weighted by molar-refractivity contribution is 6.09. The molecule has 21 heavy (non-hydrogen) atoms. The molecule has 1 spiro atoms. The van der Waals surface area contributed by atoms with Crippen LogP contribution in [0.2, 0.25) is 0 Å². The van der Waals surface area contributed by atoms with Crippen molar-refractivity contribution in [3.8, 4) is 0 Å². The highest BCUT2D eigenvalue weighted by atomic mass is 16.2. The van der Waals surface area contributed by atoms with Crippen LogP contribution in [0, 0.1) is 5.92 Å². The number of carbonyl (C=O) groups excluding carboxylic acids is 3. The Hall–Kier alpha value is -1.63. The molecule has 3 N–H and O–H groups in total. The van der Waals surface area contributed by atoms with E-state index in [1.807, 2.05) is 0 Å². The van der Waals surface area contributed by atoms with E-state index in [1.54, 1.807) is 0 Å². The quantitative estimate of drug-likeness (QED) is 0.708. The number of nitrogens with one attached hydrogen (secondary N) is 1. The Bertz CT molecular complexity index is 455. The number of nitrogens with zero attached hydrogens (tertiary/aromatic N) is 2. The fourth-order valence-electron chi connectivity index (χ4n) is 3.09. The summed E-state index contributed by atoms with van der Waals surface area (Å²) >= 11 is 0. The van der Waals surface area contributed by atoms with Crippen LogP contribution in [0.15, 0.2) is 0 Å². The van der Waals surface area contributed by atoms with E-state index in [2.05, 4.69) is 24.1 Å². The lowest BCUT2D eigenvalue weighted by molar-refractivity contribution is -0.138. The van der Waals surface area contributed by atoms with Crippen LogP contribution < -0.4 is 11.1 Å². The molecule has 0 aromatic carbocycles. The molecule has 2 aliphatic rings. The Morgan fingerprint density at radius 1 is 1.29 bits per heavy atom. The first-order valence-electron chi connectivity index (χ1n) is 7.44. The molecule has 2 heterocycles. The minimum absolute atomic E-state index is 0.317. The van der Waals surface area contributed by atoms with Crippen molar-refractivity contribution in [1.82, 2.24) is 15.1 Å². The predicted octanol–water partition coefficient (Wildman–Crippen LogP) is -0.0974. The smallest absolute Gasteiger partial charge is 0.325 e. The highest BCUT2D eigenvalue weighted by Gasteiger charge is 2.54. The van der Waals surface area contributed by atoms with Gasteiger partial charge in [0.05, 0.1) is 0 Å². The molecular formula is C14H24N4O3. The summed E-state index contributed by atoms with van der Waals surface area (Å²) in [5.41, 5.74) is 4.36. The van der Waals surface area contributed by atoms with Crippen LogP contribution in [0.4, 0.5) is 4.79 Å². The largest absolute Gasteiger partial charge is 0.368 e. The minimum Gasteiger partial charge on any atom is -0.368 e. The molecule has 2 saturated heterocycles. The van der Waals surface area contributed by atoms with Gasteiger partial charge in [0.1, 0.15) is 11.6 Å². The molecule has 0 aromatic heterocycles. The van der Waals surface area contributed by atoms with E-state index in [0.717, 1.165) is 24.5 Å². The predicted molar refractivity (Wildman–Crippen MR) is 77.3 cm³/mol. The van der Waals surface area contributed by atoms with Crippen LogP contribution in [0.25, 0.3) is 0 Å². The van der Waals surface area contributed by atoms with Crippen molar-refractivity contribution in [3.63, 3.8) is 0 Å². The molecule has 2 aliphatic heterocycles. The molecule has 0 bridgehead atoms. The van der Waals surface area contributed by atoms with Crippen molar-refractivity contribution in [2.75, 3.05) is 19.6 Å². The zero-order chi connectivity index (χ0) is 15.8. The second kappa shape index (κ2) is 5.63. The Balaban J connectivity index is 2.07. The summed E-state index contributed by atoms with van der Waals surface area (Å²) < 4.78 is 0. The van der Waals surface area contributed by atoms with Gasteiger partial charge in [0.25, 0.3) is 5.91 Å². The molecule has 2 fully saturated rings. The van der Waals surface area contributed by atoms with Gasteiger partial charge >= 0.3 is 6.03 Å². The second-order valence-corrected chi connectivity index (χ2v) is 6.46. The molecule has 2 rings (SSSR count). The van der Waals surface area contributed by atoms with Crippen LogP contribution in [0.5, 0.6) is 0 Å². The lowest BCUT2D eigenvalue weighted by Crippen LogP contribution is -2.56. The first kappa shape index (κ1) is 15.8. The number of nitrogens with two attached hydrogens (primary N) is 1. The summed E-state index contributed by atoms with van der Waals surface area (Å²) in [6.07, 6.45) is 1.15. The van der Waals surface area contributed by atoms with Crippen molar-refractivity contribution < 1.29 is 14.4 Å². The van der Waals surface area contributed by atoms with Crippen LogP contribution >= 0.6 is 0 Å². The maximum absolute atomic E-state index is 12.6. The normalized spacial score (nSPS) is 23.7. The van der Waals surface area contributed by atoms with Gasteiger partial charge in [-0.2, -0.15) is 0 Å². The topological polar surface area (TPSA) is 95.7 Å². The van der Waals surface area contributed by atoms with Gasteiger partial charge in [-0.05, 0) is 25.7 Å². The molecule has 4 amide bonds. The van der Waals surface area contributed by atoms with Crippen molar-refractivity contribution in [2.45, 2.75) is 45.2 Å². The fourth-order valence-corrected chi connectivity index (χ4v) is 3.09. The van der Waals surface area contributed by atoms with Crippen molar-refractivity contribution >= 4 is 17.8 Å². The Kier molecular flexibility index (Phi) is 4.22. The molecule has 1 unspecified atom stereocenters. The summed E-state index contributed by atoms with van der Waals surface area (Å²) in [6, 6.07) is -1.42. The number of urea groups is 1. The third kappa shape index (κ3) is 2.88. The maximum atomic E-state index is 12.6. The standard InChI is InChI=1S/C14H24N4O3/c1-9(2)8-17-6-4-14(5-7-17)12(20)18(13(21)16-14)10(3)11(15)19/h9-10H,4-8H2,1-3H3,(H2,15,19)(H,16,21). The van der Waals surface area contributed by atoms with E-state index in [9.17, 15) is 14.4 Å². The number of imide groups is 1. The van der Waals surface area contributed by atoms with E-state index in [4.69, 9.17) is 5.73 Å². The number of rotatable bonds is 4. The number of hydrogen-bond donors (Lipinski definition) is 2. The lowest BCUT2D eigenvalue weighted by Gasteiger charge is -2.38. The summed E-state index contributed by atoms with van der Waals surface area (Å²) in [5, 5.41) is 2.78. The number of amides is 4. The van der Waals surface area contributed by atoms with E-state index in [1.165, 1.54) is 6.92 Å². The van der Waals surface area contributed by atoms with Gasteiger partial charge in [0.2, 0.25) is 5.91 Å². The number of carbonyl (C=O) groups is 3. The van der Waals surface area contributed by atoms with Crippen molar-refractivity contribution in [3.05, 3.63) is 0 Å². The van der Waals surface area contributed by atoms with Crippen molar-refractivity contribution in [2.24, 2.45) is 11.7 Å². The van der Waals surface area contributed by atoms with Crippen molar-refractivity contribution in [1.29, 1.82) is 0 Å².